The molecule has 2 heterocycles. The number of piperidine rings is 1. The first-order valence-corrected chi connectivity index (χ1v) is 7.24. The smallest absolute Gasteiger partial charge is 0.254 e. The second-order valence-electron chi connectivity index (χ2n) is 5.76. The Kier molecular flexibility index (Phi) is 3.52. The van der Waals surface area contributed by atoms with Gasteiger partial charge in [0.25, 0.3) is 5.91 Å². The SMILES string of the molecule is Cc1ccc(C)c(C(=O)N2CCCC3(C2)OCCO3)c1. The van der Waals surface area contributed by atoms with Gasteiger partial charge in [-0.15, -0.1) is 0 Å². The number of likely N-dealkylation sites (tertiary alicyclic amines) is 1. The van der Waals surface area contributed by atoms with Crippen molar-refractivity contribution in [2.75, 3.05) is 26.3 Å². The summed E-state index contributed by atoms with van der Waals surface area (Å²) < 4.78 is 11.5. The van der Waals surface area contributed by atoms with Gasteiger partial charge < -0.3 is 14.4 Å². The zero-order valence-electron chi connectivity index (χ0n) is 12.1. The Morgan fingerprint density at radius 1 is 1.25 bits per heavy atom. The monoisotopic (exact) mass is 275 g/mol. The van der Waals surface area contributed by atoms with E-state index in [0.717, 1.165) is 36.1 Å². The Balaban J connectivity index is 1.81. The lowest BCUT2D eigenvalue weighted by atomic mass is 10.0. The molecule has 2 fully saturated rings. The van der Waals surface area contributed by atoms with Crippen LogP contribution in [0.5, 0.6) is 0 Å². The summed E-state index contributed by atoms with van der Waals surface area (Å²) >= 11 is 0. The zero-order chi connectivity index (χ0) is 14.2. The number of ether oxygens (including phenoxy) is 2. The summed E-state index contributed by atoms with van der Waals surface area (Å²) in [6.45, 7) is 6.57. The number of rotatable bonds is 1. The van der Waals surface area contributed by atoms with E-state index in [4.69, 9.17) is 9.47 Å². The van der Waals surface area contributed by atoms with Gasteiger partial charge in [-0.25, -0.2) is 0 Å². The Morgan fingerprint density at radius 2 is 2.00 bits per heavy atom. The van der Waals surface area contributed by atoms with Crippen molar-refractivity contribution in [3.63, 3.8) is 0 Å². The van der Waals surface area contributed by atoms with Gasteiger partial charge in [0.05, 0.1) is 19.8 Å². The summed E-state index contributed by atoms with van der Waals surface area (Å²) in [5.74, 6) is -0.463. The maximum absolute atomic E-state index is 12.7. The van der Waals surface area contributed by atoms with Gasteiger partial charge in [-0.2, -0.15) is 0 Å². The van der Waals surface area contributed by atoms with E-state index in [1.54, 1.807) is 0 Å². The van der Waals surface area contributed by atoms with E-state index in [9.17, 15) is 4.79 Å². The Bertz CT molecular complexity index is 520. The molecule has 0 atom stereocenters. The number of benzene rings is 1. The molecule has 0 N–H and O–H groups in total. The van der Waals surface area contributed by atoms with Crippen molar-refractivity contribution in [2.45, 2.75) is 32.5 Å². The first-order valence-electron chi connectivity index (χ1n) is 7.24. The molecule has 4 heteroatoms. The van der Waals surface area contributed by atoms with Gasteiger partial charge in [0.1, 0.15) is 0 Å². The highest BCUT2D eigenvalue weighted by atomic mass is 16.7. The third kappa shape index (κ3) is 2.45. The predicted molar refractivity (Wildman–Crippen MR) is 75.7 cm³/mol. The molecule has 1 amide bonds. The molecular formula is C16H21NO3. The fraction of sp³-hybridized carbons (Fsp3) is 0.562. The first kappa shape index (κ1) is 13.6. The van der Waals surface area contributed by atoms with Crippen molar-refractivity contribution in [2.24, 2.45) is 0 Å². The second-order valence-corrected chi connectivity index (χ2v) is 5.76. The third-order valence-corrected chi connectivity index (χ3v) is 4.14. The van der Waals surface area contributed by atoms with Crippen LogP contribution in [-0.4, -0.2) is 42.9 Å². The Labute approximate surface area is 119 Å². The average molecular weight is 275 g/mol. The molecule has 2 saturated heterocycles. The van der Waals surface area contributed by atoms with Crippen LogP contribution in [0, 0.1) is 13.8 Å². The minimum absolute atomic E-state index is 0.0874. The lowest BCUT2D eigenvalue weighted by Gasteiger charge is -2.38. The van der Waals surface area contributed by atoms with Gasteiger partial charge in [0.2, 0.25) is 0 Å². The zero-order valence-corrected chi connectivity index (χ0v) is 12.1. The standard InChI is InChI=1S/C16H21NO3/c1-12-4-5-13(2)14(10-12)15(18)17-7-3-6-16(11-17)19-8-9-20-16/h4-5,10H,3,6-9,11H2,1-2H3. The molecule has 0 radical (unpaired) electrons. The number of hydrogen-bond acceptors (Lipinski definition) is 3. The topological polar surface area (TPSA) is 38.8 Å². The van der Waals surface area contributed by atoms with Crippen LogP contribution in [0.2, 0.25) is 0 Å². The van der Waals surface area contributed by atoms with Crippen LogP contribution in [0.25, 0.3) is 0 Å². The van der Waals surface area contributed by atoms with Crippen LogP contribution >= 0.6 is 0 Å². The summed E-state index contributed by atoms with van der Waals surface area (Å²) in [4.78, 5) is 14.6. The van der Waals surface area contributed by atoms with Gasteiger partial charge in [-0.05, 0) is 31.9 Å². The van der Waals surface area contributed by atoms with Crippen LogP contribution in [0.15, 0.2) is 18.2 Å². The minimum Gasteiger partial charge on any atom is -0.346 e. The molecule has 0 saturated carbocycles. The summed E-state index contributed by atoms with van der Waals surface area (Å²) in [6, 6.07) is 6.01. The normalized spacial score (nSPS) is 21.4. The van der Waals surface area contributed by atoms with Crippen molar-refractivity contribution in [3.8, 4) is 0 Å². The predicted octanol–water partition coefficient (Wildman–Crippen LogP) is 2.28. The molecule has 1 aromatic carbocycles. The average Bonchev–Trinajstić information content (AvgIpc) is 2.88. The van der Waals surface area contributed by atoms with E-state index in [1.165, 1.54) is 0 Å². The lowest BCUT2D eigenvalue weighted by molar-refractivity contribution is -0.183. The van der Waals surface area contributed by atoms with Gasteiger partial charge >= 0.3 is 0 Å². The quantitative estimate of drug-likeness (QED) is 0.789. The van der Waals surface area contributed by atoms with E-state index in [2.05, 4.69) is 0 Å². The van der Waals surface area contributed by atoms with Gasteiger partial charge in [-0.3, -0.25) is 4.79 Å². The molecule has 0 unspecified atom stereocenters. The molecule has 20 heavy (non-hydrogen) atoms. The van der Waals surface area contributed by atoms with E-state index < -0.39 is 5.79 Å². The molecule has 3 rings (SSSR count). The highest BCUT2D eigenvalue weighted by Crippen LogP contribution is 2.31. The van der Waals surface area contributed by atoms with Crippen LogP contribution < -0.4 is 0 Å². The van der Waals surface area contributed by atoms with E-state index >= 15 is 0 Å². The van der Waals surface area contributed by atoms with E-state index in [-0.39, 0.29) is 5.91 Å². The molecule has 4 nitrogen and oxygen atoms in total. The number of carbonyl (C=O) groups excluding carboxylic acids is 1. The summed E-state index contributed by atoms with van der Waals surface area (Å²) in [7, 11) is 0. The van der Waals surface area contributed by atoms with Crippen molar-refractivity contribution in [3.05, 3.63) is 34.9 Å². The van der Waals surface area contributed by atoms with Crippen LogP contribution in [0.3, 0.4) is 0 Å². The molecule has 2 aliphatic heterocycles. The van der Waals surface area contributed by atoms with Crippen molar-refractivity contribution in [1.82, 2.24) is 4.90 Å². The third-order valence-electron chi connectivity index (χ3n) is 4.14. The summed E-state index contributed by atoms with van der Waals surface area (Å²) in [5, 5.41) is 0. The van der Waals surface area contributed by atoms with Gasteiger partial charge in [-0.1, -0.05) is 17.7 Å². The lowest BCUT2D eigenvalue weighted by Crippen LogP contribution is -2.51. The number of nitrogens with zero attached hydrogens (tertiary/aromatic N) is 1. The van der Waals surface area contributed by atoms with Crippen LogP contribution in [-0.2, 0) is 9.47 Å². The van der Waals surface area contributed by atoms with Crippen molar-refractivity contribution < 1.29 is 14.3 Å². The van der Waals surface area contributed by atoms with E-state index in [0.29, 0.717) is 19.8 Å². The minimum atomic E-state index is -0.550. The number of aryl methyl sites for hydroxylation is 2. The van der Waals surface area contributed by atoms with Gasteiger partial charge in [0, 0.05) is 18.5 Å². The van der Waals surface area contributed by atoms with E-state index in [1.807, 2.05) is 36.9 Å². The highest BCUT2D eigenvalue weighted by molar-refractivity contribution is 5.96. The largest absolute Gasteiger partial charge is 0.346 e. The number of amides is 1. The molecule has 2 aliphatic rings. The first-order chi connectivity index (χ1) is 9.60. The molecule has 1 spiro atoms. The fourth-order valence-corrected chi connectivity index (χ4v) is 3.03. The molecule has 1 aromatic rings. The van der Waals surface area contributed by atoms with Crippen LogP contribution in [0.1, 0.15) is 34.3 Å². The molecule has 0 bridgehead atoms. The summed E-state index contributed by atoms with van der Waals surface area (Å²) in [6.07, 6.45) is 1.81. The fourth-order valence-electron chi connectivity index (χ4n) is 3.03. The Morgan fingerprint density at radius 3 is 2.75 bits per heavy atom. The molecular weight excluding hydrogens is 254 g/mol. The maximum atomic E-state index is 12.7. The number of hydrogen-bond donors (Lipinski definition) is 0. The second kappa shape index (κ2) is 5.19. The molecule has 0 aliphatic carbocycles. The van der Waals surface area contributed by atoms with Crippen LogP contribution in [0.4, 0.5) is 0 Å². The summed E-state index contributed by atoms with van der Waals surface area (Å²) in [5.41, 5.74) is 2.92. The number of carbonyl (C=O) groups is 1. The maximum Gasteiger partial charge on any atom is 0.254 e. The highest BCUT2D eigenvalue weighted by Gasteiger charge is 2.42. The molecule has 108 valence electrons. The van der Waals surface area contributed by atoms with Gasteiger partial charge in [0.15, 0.2) is 5.79 Å². The van der Waals surface area contributed by atoms with Crippen molar-refractivity contribution >= 4 is 5.91 Å². The van der Waals surface area contributed by atoms with Crippen molar-refractivity contribution in [1.29, 1.82) is 0 Å². The molecule has 0 aromatic heterocycles. The Hall–Kier alpha value is -1.39.